The molecule has 1 atom stereocenters. The van der Waals surface area contributed by atoms with Crippen molar-refractivity contribution in [1.82, 2.24) is 4.98 Å². The number of pyridine rings is 1. The molecule has 0 aromatic carbocycles. The van der Waals surface area contributed by atoms with Crippen LogP contribution in [0.1, 0.15) is 16.9 Å². The lowest BCUT2D eigenvalue weighted by Gasteiger charge is -2.16. The van der Waals surface area contributed by atoms with Gasteiger partial charge in [-0.2, -0.15) is 0 Å². The van der Waals surface area contributed by atoms with Crippen molar-refractivity contribution >= 4 is 33.5 Å². The number of nitrogens with zero attached hydrogens (tertiary/aromatic N) is 2. The standard InChI is InChI=1S/C11H11BrN2O3/c12-5-7-3-10(15)14(6-7)8-1-2-13-9(4-8)11(16)17/h1-2,4,7H,3,5-6H2,(H,16,17). The van der Waals surface area contributed by atoms with Gasteiger partial charge in [-0.15, -0.1) is 0 Å². The summed E-state index contributed by atoms with van der Waals surface area (Å²) in [6.07, 6.45) is 1.91. The van der Waals surface area contributed by atoms with Gasteiger partial charge >= 0.3 is 5.97 Å². The lowest BCUT2D eigenvalue weighted by atomic mass is 10.2. The maximum atomic E-state index is 11.8. The highest BCUT2D eigenvalue weighted by molar-refractivity contribution is 9.09. The highest BCUT2D eigenvalue weighted by Crippen LogP contribution is 2.26. The summed E-state index contributed by atoms with van der Waals surface area (Å²) in [6, 6.07) is 3.08. The van der Waals surface area contributed by atoms with E-state index in [-0.39, 0.29) is 17.5 Å². The van der Waals surface area contributed by atoms with Crippen LogP contribution in [-0.2, 0) is 4.79 Å². The molecular formula is C11H11BrN2O3. The van der Waals surface area contributed by atoms with E-state index < -0.39 is 5.97 Å². The minimum absolute atomic E-state index is 0.0250. The summed E-state index contributed by atoms with van der Waals surface area (Å²) in [7, 11) is 0. The van der Waals surface area contributed by atoms with Gasteiger partial charge in [-0.3, -0.25) is 4.79 Å². The van der Waals surface area contributed by atoms with Crippen molar-refractivity contribution in [1.29, 1.82) is 0 Å². The second-order valence-electron chi connectivity index (χ2n) is 3.93. The average molecular weight is 299 g/mol. The van der Waals surface area contributed by atoms with Crippen molar-refractivity contribution in [3.63, 3.8) is 0 Å². The fourth-order valence-corrected chi connectivity index (χ4v) is 2.27. The number of hydrogen-bond donors (Lipinski definition) is 1. The van der Waals surface area contributed by atoms with E-state index in [4.69, 9.17) is 5.11 Å². The van der Waals surface area contributed by atoms with Gasteiger partial charge in [0.05, 0.1) is 0 Å². The molecule has 0 saturated carbocycles. The Hall–Kier alpha value is -1.43. The molecule has 5 nitrogen and oxygen atoms in total. The molecule has 1 saturated heterocycles. The van der Waals surface area contributed by atoms with Crippen LogP contribution >= 0.6 is 15.9 Å². The van der Waals surface area contributed by atoms with E-state index in [1.807, 2.05) is 0 Å². The molecule has 1 aliphatic heterocycles. The first-order valence-electron chi connectivity index (χ1n) is 5.17. The highest BCUT2D eigenvalue weighted by Gasteiger charge is 2.30. The molecule has 0 aliphatic carbocycles. The number of carbonyl (C=O) groups excluding carboxylic acids is 1. The van der Waals surface area contributed by atoms with Gasteiger partial charge in [0, 0.05) is 30.2 Å². The van der Waals surface area contributed by atoms with Crippen LogP contribution in [0.2, 0.25) is 0 Å². The van der Waals surface area contributed by atoms with E-state index in [2.05, 4.69) is 20.9 Å². The molecule has 1 fully saturated rings. The maximum absolute atomic E-state index is 11.8. The lowest BCUT2D eigenvalue weighted by molar-refractivity contribution is -0.117. The first-order valence-corrected chi connectivity index (χ1v) is 6.29. The molecule has 0 bridgehead atoms. The van der Waals surface area contributed by atoms with Crippen molar-refractivity contribution < 1.29 is 14.7 Å². The fourth-order valence-electron chi connectivity index (χ4n) is 1.84. The molecule has 1 aliphatic rings. The topological polar surface area (TPSA) is 70.5 Å². The summed E-state index contributed by atoms with van der Waals surface area (Å²) in [5.74, 6) is -0.781. The van der Waals surface area contributed by atoms with Crippen molar-refractivity contribution in [3.8, 4) is 0 Å². The largest absolute Gasteiger partial charge is 0.477 e. The van der Waals surface area contributed by atoms with Gasteiger partial charge in [-0.1, -0.05) is 15.9 Å². The van der Waals surface area contributed by atoms with Crippen molar-refractivity contribution in [2.24, 2.45) is 5.92 Å². The summed E-state index contributed by atoms with van der Waals surface area (Å²) >= 11 is 3.36. The first kappa shape index (κ1) is 12.0. The number of rotatable bonds is 3. The molecule has 2 heterocycles. The molecule has 1 N–H and O–H groups in total. The zero-order valence-electron chi connectivity index (χ0n) is 8.97. The van der Waals surface area contributed by atoms with E-state index in [0.29, 0.717) is 18.7 Å². The number of carboxylic acid groups (broad SMARTS) is 1. The zero-order chi connectivity index (χ0) is 12.4. The number of amides is 1. The third-order valence-electron chi connectivity index (χ3n) is 2.70. The Morgan fingerprint density at radius 3 is 3.00 bits per heavy atom. The van der Waals surface area contributed by atoms with Crippen LogP contribution in [0.15, 0.2) is 18.3 Å². The van der Waals surface area contributed by atoms with Gasteiger partial charge in [-0.05, 0) is 18.1 Å². The van der Waals surface area contributed by atoms with E-state index in [1.54, 1.807) is 11.0 Å². The summed E-state index contributed by atoms with van der Waals surface area (Å²) in [5, 5.41) is 9.61. The average Bonchev–Trinajstić information content (AvgIpc) is 2.71. The van der Waals surface area contributed by atoms with Gasteiger partial charge in [0.2, 0.25) is 5.91 Å². The second-order valence-corrected chi connectivity index (χ2v) is 4.58. The molecule has 2 rings (SSSR count). The normalized spacial score (nSPS) is 19.7. The summed E-state index contributed by atoms with van der Waals surface area (Å²) in [5.41, 5.74) is 0.559. The predicted octanol–water partition coefficient (Wildman–Crippen LogP) is 1.53. The molecular weight excluding hydrogens is 288 g/mol. The monoisotopic (exact) mass is 298 g/mol. The Morgan fingerprint density at radius 1 is 1.65 bits per heavy atom. The number of carboxylic acids is 1. The van der Waals surface area contributed by atoms with Crippen LogP contribution in [0.5, 0.6) is 0 Å². The smallest absolute Gasteiger partial charge is 0.354 e. The molecule has 0 radical (unpaired) electrons. The van der Waals surface area contributed by atoms with Crippen LogP contribution in [0, 0.1) is 5.92 Å². The minimum Gasteiger partial charge on any atom is -0.477 e. The summed E-state index contributed by atoms with van der Waals surface area (Å²) < 4.78 is 0. The van der Waals surface area contributed by atoms with Crippen molar-refractivity contribution in [3.05, 3.63) is 24.0 Å². The second kappa shape index (κ2) is 4.83. The van der Waals surface area contributed by atoms with Crippen LogP contribution in [0.4, 0.5) is 5.69 Å². The molecule has 0 spiro atoms. The van der Waals surface area contributed by atoms with Crippen LogP contribution in [-0.4, -0.2) is 33.8 Å². The van der Waals surface area contributed by atoms with Crippen molar-refractivity contribution in [2.75, 3.05) is 16.8 Å². The molecule has 1 aromatic heterocycles. The van der Waals surface area contributed by atoms with Gasteiger partial charge in [0.1, 0.15) is 5.69 Å². The molecule has 1 amide bonds. The highest BCUT2D eigenvalue weighted by atomic mass is 79.9. The Kier molecular flexibility index (Phi) is 3.42. The minimum atomic E-state index is -1.09. The number of aromatic carboxylic acids is 1. The Balaban J connectivity index is 2.25. The molecule has 6 heteroatoms. The van der Waals surface area contributed by atoms with Crippen LogP contribution < -0.4 is 4.90 Å². The summed E-state index contributed by atoms with van der Waals surface area (Å²) in [6.45, 7) is 0.618. The molecule has 17 heavy (non-hydrogen) atoms. The number of halogens is 1. The molecule has 1 unspecified atom stereocenters. The Morgan fingerprint density at radius 2 is 2.41 bits per heavy atom. The number of aromatic nitrogens is 1. The number of alkyl halides is 1. The quantitative estimate of drug-likeness (QED) is 0.859. The van der Waals surface area contributed by atoms with Gasteiger partial charge < -0.3 is 10.0 Å². The zero-order valence-corrected chi connectivity index (χ0v) is 10.6. The SMILES string of the molecule is O=C(O)c1cc(N2CC(CBr)CC2=O)ccn1. The Labute approximate surface area is 107 Å². The first-order chi connectivity index (χ1) is 8.11. The number of hydrogen-bond acceptors (Lipinski definition) is 3. The van der Waals surface area contributed by atoms with E-state index in [1.165, 1.54) is 12.3 Å². The number of anilines is 1. The van der Waals surface area contributed by atoms with E-state index >= 15 is 0 Å². The van der Waals surface area contributed by atoms with Gasteiger partial charge in [-0.25, -0.2) is 9.78 Å². The third kappa shape index (κ3) is 2.46. The van der Waals surface area contributed by atoms with Gasteiger partial charge in [0.15, 0.2) is 0 Å². The fraction of sp³-hybridized carbons (Fsp3) is 0.364. The number of carbonyl (C=O) groups is 2. The van der Waals surface area contributed by atoms with E-state index in [9.17, 15) is 9.59 Å². The Bertz CT molecular complexity index is 464. The molecule has 1 aromatic rings. The summed E-state index contributed by atoms with van der Waals surface area (Å²) in [4.78, 5) is 27.9. The van der Waals surface area contributed by atoms with Gasteiger partial charge in [0.25, 0.3) is 0 Å². The lowest BCUT2D eigenvalue weighted by Crippen LogP contribution is -2.25. The predicted molar refractivity (Wildman–Crippen MR) is 65.5 cm³/mol. The third-order valence-corrected chi connectivity index (χ3v) is 3.61. The van der Waals surface area contributed by atoms with Crippen molar-refractivity contribution in [2.45, 2.75) is 6.42 Å². The maximum Gasteiger partial charge on any atom is 0.354 e. The molecule has 90 valence electrons. The van der Waals surface area contributed by atoms with E-state index in [0.717, 1.165) is 5.33 Å². The van der Waals surface area contributed by atoms with Crippen LogP contribution in [0.25, 0.3) is 0 Å². The van der Waals surface area contributed by atoms with Crippen LogP contribution in [0.3, 0.4) is 0 Å².